The summed E-state index contributed by atoms with van der Waals surface area (Å²) in [4.78, 5) is 18.2. The fraction of sp³-hybridized carbons (Fsp3) is 0.368. The second-order valence-corrected chi connectivity index (χ2v) is 7.21. The van der Waals surface area contributed by atoms with Gasteiger partial charge < -0.3 is 10.2 Å². The van der Waals surface area contributed by atoms with E-state index in [0.29, 0.717) is 32.0 Å². The van der Waals surface area contributed by atoms with E-state index >= 15 is 0 Å². The number of piperazine rings is 1. The fourth-order valence-electron chi connectivity index (χ4n) is 3.28. The number of amides is 1. The molecule has 3 rings (SSSR count). The topological polar surface area (TPSA) is 50.9 Å². The molecular weight excluding hydrogens is 393 g/mol. The van der Waals surface area contributed by atoms with Gasteiger partial charge in [-0.15, -0.1) is 0 Å². The number of nitrogens with one attached hydrogen (secondary N) is 3. The highest BCUT2D eigenvalue weighted by molar-refractivity contribution is 6.32. The number of para-hydroxylation sites is 1. The van der Waals surface area contributed by atoms with Gasteiger partial charge in [-0.05, 0) is 25.1 Å². The number of halogens is 4. The third-order valence-electron chi connectivity index (χ3n) is 4.97. The number of pyridine rings is 1. The number of quaternary nitrogens is 1. The van der Waals surface area contributed by atoms with E-state index in [0.717, 1.165) is 22.9 Å². The summed E-state index contributed by atoms with van der Waals surface area (Å²) in [5, 5.41) is 2.94. The van der Waals surface area contributed by atoms with Gasteiger partial charge in [0.1, 0.15) is 37.4 Å². The Morgan fingerprint density at radius 3 is 2.46 bits per heavy atom. The maximum atomic E-state index is 12.8. The molecule has 0 saturated carbocycles. The molecule has 1 aliphatic heterocycles. The number of aromatic nitrogens is 1. The molecule has 0 radical (unpaired) electrons. The van der Waals surface area contributed by atoms with Gasteiger partial charge in [-0.2, -0.15) is 13.2 Å². The van der Waals surface area contributed by atoms with Crippen LogP contribution >= 0.6 is 11.6 Å². The molecule has 1 aromatic heterocycles. The van der Waals surface area contributed by atoms with Crippen molar-refractivity contribution in [2.75, 3.05) is 36.4 Å². The van der Waals surface area contributed by atoms with E-state index in [1.54, 1.807) is 0 Å². The summed E-state index contributed by atoms with van der Waals surface area (Å²) in [6.45, 7) is 4.39. The first-order chi connectivity index (χ1) is 13.3. The van der Waals surface area contributed by atoms with E-state index < -0.39 is 11.7 Å². The predicted octanol–water partition coefficient (Wildman–Crippen LogP) is 1.91. The van der Waals surface area contributed by atoms with Crippen LogP contribution in [0.5, 0.6) is 0 Å². The van der Waals surface area contributed by atoms with Gasteiger partial charge in [-0.1, -0.05) is 29.8 Å². The highest BCUT2D eigenvalue weighted by Gasteiger charge is 2.36. The van der Waals surface area contributed by atoms with Crippen LogP contribution in [0.15, 0.2) is 42.6 Å². The lowest BCUT2D eigenvalue weighted by atomic mass is 10.2. The van der Waals surface area contributed by atoms with Crippen molar-refractivity contribution in [3.8, 4) is 0 Å². The van der Waals surface area contributed by atoms with Crippen molar-refractivity contribution in [3.05, 3.63) is 53.2 Å². The molecule has 28 heavy (non-hydrogen) atoms. The number of carbonyl (C=O) groups excluding carboxylic acids is 1. The molecule has 9 heteroatoms. The van der Waals surface area contributed by atoms with Gasteiger partial charge in [0.15, 0.2) is 6.04 Å². The monoisotopic (exact) mass is 414 g/mol. The second kappa shape index (κ2) is 8.36. The lowest BCUT2D eigenvalue weighted by Gasteiger charge is -2.31. The van der Waals surface area contributed by atoms with Gasteiger partial charge in [-0.25, -0.2) is 9.88 Å². The zero-order valence-electron chi connectivity index (χ0n) is 15.3. The third kappa shape index (κ3) is 4.74. The van der Waals surface area contributed by atoms with Gasteiger partial charge in [0.05, 0.1) is 5.56 Å². The average molecular weight is 415 g/mol. The Morgan fingerprint density at radius 1 is 1.25 bits per heavy atom. The van der Waals surface area contributed by atoms with Crippen molar-refractivity contribution in [2.24, 2.45) is 0 Å². The van der Waals surface area contributed by atoms with E-state index in [1.807, 2.05) is 42.2 Å². The molecule has 1 fully saturated rings. The second-order valence-electron chi connectivity index (χ2n) is 6.80. The van der Waals surface area contributed by atoms with Crippen molar-refractivity contribution < 1.29 is 27.8 Å². The van der Waals surface area contributed by atoms with Crippen molar-refractivity contribution in [3.63, 3.8) is 0 Å². The summed E-state index contributed by atoms with van der Waals surface area (Å²) in [7, 11) is 0. The molecule has 1 saturated heterocycles. The number of hydrogen-bond acceptors (Lipinski definition) is 2. The smallest absolute Gasteiger partial charge is 0.321 e. The van der Waals surface area contributed by atoms with Crippen LogP contribution in [0.25, 0.3) is 0 Å². The number of nitrogens with zero attached hydrogens (tertiary/aromatic N) is 1. The Kier molecular flexibility index (Phi) is 6.10. The normalized spacial score (nSPS) is 16.7. The van der Waals surface area contributed by atoms with Crippen LogP contribution in [0.2, 0.25) is 5.02 Å². The number of alkyl halides is 3. The van der Waals surface area contributed by atoms with E-state index in [9.17, 15) is 18.0 Å². The van der Waals surface area contributed by atoms with Crippen LogP contribution in [0, 0.1) is 0 Å². The van der Waals surface area contributed by atoms with Crippen LogP contribution < -0.4 is 20.1 Å². The summed E-state index contributed by atoms with van der Waals surface area (Å²) < 4.78 is 38.3. The van der Waals surface area contributed by atoms with Crippen LogP contribution in [-0.2, 0) is 11.0 Å². The van der Waals surface area contributed by atoms with E-state index in [2.05, 4.69) is 10.3 Å². The Labute approximate surface area is 166 Å². The molecule has 0 spiro atoms. The first-order valence-electron chi connectivity index (χ1n) is 8.99. The molecule has 0 aliphatic carbocycles. The average Bonchev–Trinajstić information content (AvgIpc) is 2.67. The Balaban J connectivity index is 1.59. The summed E-state index contributed by atoms with van der Waals surface area (Å²) >= 11 is 6.06. The predicted molar refractivity (Wildman–Crippen MR) is 100 cm³/mol. The first-order valence-corrected chi connectivity index (χ1v) is 9.37. The zero-order valence-corrected chi connectivity index (χ0v) is 16.1. The van der Waals surface area contributed by atoms with E-state index in [1.165, 1.54) is 0 Å². The largest absolute Gasteiger partial charge is 0.419 e. The van der Waals surface area contributed by atoms with Gasteiger partial charge in [0.25, 0.3) is 11.7 Å². The van der Waals surface area contributed by atoms with Crippen LogP contribution in [0.1, 0.15) is 12.5 Å². The molecule has 0 bridgehead atoms. The summed E-state index contributed by atoms with van der Waals surface area (Å²) in [5.74, 6) is 0.406. The number of carbonyl (C=O) groups is 1. The van der Waals surface area contributed by atoms with Crippen LogP contribution in [0.4, 0.5) is 24.7 Å². The molecule has 1 atom stereocenters. The number of H-pyrrole nitrogens is 1. The maximum Gasteiger partial charge on any atom is 0.419 e. The van der Waals surface area contributed by atoms with Crippen molar-refractivity contribution in [1.29, 1.82) is 0 Å². The summed E-state index contributed by atoms with van der Waals surface area (Å²) in [5.41, 5.74) is -0.0553. The number of anilines is 2. The Bertz CT molecular complexity index is 824. The number of benzene rings is 1. The van der Waals surface area contributed by atoms with Gasteiger partial charge in [0, 0.05) is 5.69 Å². The molecule has 150 valence electrons. The summed E-state index contributed by atoms with van der Waals surface area (Å²) in [6.07, 6.45) is -3.51. The maximum absolute atomic E-state index is 12.8. The highest BCUT2D eigenvalue weighted by Crippen LogP contribution is 2.32. The highest BCUT2D eigenvalue weighted by atomic mass is 35.5. The molecule has 1 aromatic carbocycles. The molecule has 5 nitrogen and oxygen atoms in total. The Hall–Kier alpha value is -2.32. The molecule has 1 aliphatic rings. The van der Waals surface area contributed by atoms with Gasteiger partial charge >= 0.3 is 6.18 Å². The van der Waals surface area contributed by atoms with Crippen LogP contribution in [0.3, 0.4) is 0 Å². The minimum Gasteiger partial charge on any atom is -0.321 e. The lowest BCUT2D eigenvalue weighted by molar-refractivity contribution is -0.914. The van der Waals surface area contributed by atoms with Crippen molar-refractivity contribution in [1.82, 2.24) is 0 Å². The van der Waals surface area contributed by atoms with Crippen LogP contribution in [-0.4, -0.2) is 38.1 Å². The first kappa shape index (κ1) is 20.4. The van der Waals surface area contributed by atoms with E-state index in [4.69, 9.17) is 11.6 Å². The SMILES string of the molecule is C[C@@H](C(=O)Nc1ccccc1)[NH+]1CCN(c2[nH+]cc(C(F)(F)F)cc2Cl)CC1. The number of rotatable bonds is 4. The molecule has 1 amide bonds. The molecule has 2 aromatic rings. The lowest BCUT2D eigenvalue weighted by Crippen LogP contribution is -3.19. The molecule has 2 heterocycles. The standard InChI is InChI=1S/C19H20ClF3N4O/c1-13(18(28)25-15-5-3-2-4-6-15)26-7-9-27(10-8-26)17-16(20)11-14(12-24-17)19(21,22)23/h2-6,11-13H,7-10H2,1H3,(H,25,28)/p+2/t13-/m0/s1. The molecule has 0 unspecified atom stereocenters. The van der Waals surface area contributed by atoms with Crippen molar-refractivity contribution >= 4 is 29.0 Å². The number of hydrogen-bond donors (Lipinski definition) is 2. The fourth-order valence-corrected chi connectivity index (χ4v) is 3.57. The summed E-state index contributed by atoms with van der Waals surface area (Å²) in [6, 6.07) is 9.96. The van der Waals surface area contributed by atoms with Gasteiger partial charge in [-0.3, -0.25) is 4.79 Å². The minimum atomic E-state index is -4.44. The van der Waals surface area contributed by atoms with Gasteiger partial charge in [0.2, 0.25) is 0 Å². The molecular formula is C19H22ClF3N4O+2. The van der Waals surface area contributed by atoms with E-state index in [-0.39, 0.29) is 17.0 Å². The minimum absolute atomic E-state index is 0.0353. The zero-order chi connectivity index (χ0) is 20.3. The third-order valence-corrected chi connectivity index (χ3v) is 5.26. The number of aromatic amines is 1. The van der Waals surface area contributed by atoms with Crippen molar-refractivity contribution in [2.45, 2.75) is 19.1 Å². The Morgan fingerprint density at radius 2 is 1.89 bits per heavy atom. The quantitative estimate of drug-likeness (QED) is 0.803. The molecule has 3 N–H and O–H groups in total.